The Morgan fingerprint density at radius 1 is 1.26 bits per heavy atom. The molecular formula is C19H31ClO3. The second-order valence-electron chi connectivity index (χ2n) is 6.62. The number of aliphatic hydroxyl groups excluding tert-OH is 1. The van der Waals surface area contributed by atoms with Crippen molar-refractivity contribution in [3.63, 3.8) is 0 Å². The SMILES string of the molecule is CCOC/C=C\C[C@H]1[C@H](Cl)CO[C@@H]1/C=C/[C@@H](O)C1CCCCC1. The van der Waals surface area contributed by atoms with Crippen LogP contribution in [-0.2, 0) is 9.47 Å². The molecular weight excluding hydrogens is 312 g/mol. The van der Waals surface area contributed by atoms with Crippen LogP contribution in [0.5, 0.6) is 0 Å². The Balaban J connectivity index is 1.81. The summed E-state index contributed by atoms with van der Waals surface area (Å²) in [5.74, 6) is 0.682. The largest absolute Gasteiger partial charge is 0.389 e. The fourth-order valence-electron chi connectivity index (χ4n) is 3.50. The van der Waals surface area contributed by atoms with Gasteiger partial charge in [0.2, 0.25) is 0 Å². The molecule has 4 heteroatoms. The van der Waals surface area contributed by atoms with Crippen molar-refractivity contribution in [1.29, 1.82) is 0 Å². The topological polar surface area (TPSA) is 38.7 Å². The predicted octanol–water partition coefficient (Wildman–Crippen LogP) is 4.09. The normalized spacial score (nSPS) is 31.3. The van der Waals surface area contributed by atoms with E-state index in [9.17, 15) is 5.11 Å². The first-order chi connectivity index (χ1) is 11.2. The molecule has 2 fully saturated rings. The van der Waals surface area contributed by atoms with Crippen LogP contribution in [0.15, 0.2) is 24.3 Å². The fraction of sp³-hybridized carbons (Fsp3) is 0.789. The number of allylic oxidation sites excluding steroid dienone is 1. The van der Waals surface area contributed by atoms with Gasteiger partial charge >= 0.3 is 0 Å². The lowest BCUT2D eigenvalue weighted by atomic mass is 9.85. The van der Waals surface area contributed by atoms with Crippen LogP contribution in [0.25, 0.3) is 0 Å². The van der Waals surface area contributed by atoms with E-state index >= 15 is 0 Å². The number of alkyl halides is 1. The zero-order chi connectivity index (χ0) is 16.5. The highest BCUT2D eigenvalue weighted by Crippen LogP contribution is 2.31. The molecule has 1 saturated heterocycles. The molecule has 132 valence electrons. The molecule has 4 atom stereocenters. The van der Waals surface area contributed by atoms with E-state index in [2.05, 4.69) is 6.08 Å². The Morgan fingerprint density at radius 3 is 2.78 bits per heavy atom. The molecule has 0 aromatic rings. The predicted molar refractivity (Wildman–Crippen MR) is 94.8 cm³/mol. The first-order valence-electron chi connectivity index (χ1n) is 9.07. The van der Waals surface area contributed by atoms with E-state index in [1.54, 1.807) is 0 Å². The van der Waals surface area contributed by atoms with Crippen LogP contribution >= 0.6 is 11.6 Å². The Morgan fingerprint density at radius 2 is 2.04 bits per heavy atom. The number of ether oxygens (including phenoxy) is 2. The molecule has 1 aliphatic heterocycles. The molecule has 1 heterocycles. The molecule has 1 aliphatic carbocycles. The summed E-state index contributed by atoms with van der Waals surface area (Å²) in [6, 6.07) is 0. The average Bonchev–Trinajstić information content (AvgIpc) is 2.93. The maximum atomic E-state index is 10.4. The Kier molecular flexibility index (Phi) is 8.67. The smallest absolute Gasteiger partial charge is 0.0803 e. The van der Waals surface area contributed by atoms with E-state index in [-0.39, 0.29) is 23.5 Å². The van der Waals surface area contributed by atoms with Crippen molar-refractivity contribution in [1.82, 2.24) is 0 Å². The van der Waals surface area contributed by atoms with Gasteiger partial charge in [-0.25, -0.2) is 0 Å². The monoisotopic (exact) mass is 342 g/mol. The van der Waals surface area contributed by atoms with Crippen molar-refractivity contribution in [2.75, 3.05) is 19.8 Å². The van der Waals surface area contributed by atoms with Crippen LogP contribution in [-0.4, -0.2) is 42.5 Å². The van der Waals surface area contributed by atoms with E-state index in [0.29, 0.717) is 19.1 Å². The van der Waals surface area contributed by atoms with Crippen LogP contribution in [0.3, 0.4) is 0 Å². The molecule has 23 heavy (non-hydrogen) atoms. The Hall–Kier alpha value is -0.350. The van der Waals surface area contributed by atoms with E-state index in [0.717, 1.165) is 25.9 Å². The summed E-state index contributed by atoms with van der Waals surface area (Å²) >= 11 is 6.39. The van der Waals surface area contributed by atoms with Gasteiger partial charge in [0, 0.05) is 12.5 Å². The first kappa shape index (κ1) is 19.0. The summed E-state index contributed by atoms with van der Waals surface area (Å²) < 4.78 is 11.1. The zero-order valence-corrected chi connectivity index (χ0v) is 15.0. The molecule has 0 bridgehead atoms. The molecule has 1 saturated carbocycles. The molecule has 2 rings (SSSR count). The van der Waals surface area contributed by atoms with Crippen LogP contribution in [0.1, 0.15) is 45.4 Å². The van der Waals surface area contributed by atoms with Gasteiger partial charge in [0.05, 0.1) is 30.8 Å². The Labute approximate surface area is 145 Å². The van der Waals surface area contributed by atoms with Crippen LogP contribution < -0.4 is 0 Å². The average molecular weight is 343 g/mol. The highest BCUT2D eigenvalue weighted by atomic mass is 35.5. The van der Waals surface area contributed by atoms with Crippen molar-refractivity contribution in [2.24, 2.45) is 11.8 Å². The van der Waals surface area contributed by atoms with Gasteiger partial charge in [-0.15, -0.1) is 11.6 Å². The van der Waals surface area contributed by atoms with Gasteiger partial charge in [0.25, 0.3) is 0 Å². The van der Waals surface area contributed by atoms with Gasteiger partial charge in [-0.1, -0.05) is 43.6 Å². The number of aliphatic hydroxyl groups is 1. The zero-order valence-electron chi connectivity index (χ0n) is 14.2. The highest BCUT2D eigenvalue weighted by molar-refractivity contribution is 6.21. The third kappa shape index (κ3) is 6.22. The number of rotatable bonds is 8. The van der Waals surface area contributed by atoms with Crippen molar-refractivity contribution >= 4 is 11.6 Å². The van der Waals surface area contributed by atoms with Gasteiger partial charge in [-0.2, -0.15) is 0 Å². The lowest BCUT2D eigenvalue weighted by Gasteiger charge is -2.25. The summed E-state index contributed by atoms with van der Waals surface area (Å²) in [6.45, 7) is 3.96. The second-order valence-corrected chi connectivity index (χ2v) is 7.18. The fourth-order valence-corrected chi connectivity index (χ4v) is 3.82. The third-order valence-corrected chi connectivity index (χ3v) is 5.41. The molecule has 0 radical (unpaired) electrons. The highest BCUT2D eigenvalue weighted by Gasteiger charge is 2.33. The quantitative estimate of drug-likeness (QED) is 0.410. The molecule has 0 amide bonds. The van der Waals surface area contributed by atoms with Crippen molar-refractivity contribution < 1.29 is 14.6 Å². The van der Waals surface area contributed by atoms with Gasteiger partial charge in [-0.05, 0) is 32.1 Å². The summed E-state index contributed by atoms with van der Waals surface area (Å²) in [5, 5.41) is 10.4. The van der Waals surface area contributed by atoms with Crippen molar-refractivity contribution in [3.8, 4) is 0 Å². The van der Waals surface area contributed by atoms with E-state index in [4.69, 9.17) is 21.1 Å². The minimum absolute atomic E-state index is 0.00693. The molecule has 0 unspecified atom stereocenters. The number of hydrogen-bond acceptors (Lipinski definition) is 3. The maximum absolute atomic E-state index is 10.4. The molecule has 0 aromatic carbocycles. The second kappa shape index (κ2) is 10.5. The van der Waals surface area contributed by atoms with Gasteiger partial charge in [0.1, 0.15) is 0 Å². The van der Waals surface area contributed by atoms with E-state index in [1.807, 2.05) is 25.2 Å². The number of halogens is 1. The summed E-state index contributed by atoms with van der Waals surface area (Å²) in [7, 11) is 0. The molecule has 3 nitrogen and oxygen atoms in total. The summed E-state index contributed by atoms with van der Waals surface area (Å²) in [6.07, 6.45) is 14.8. The van der Waals surface area contributed by atoms with Gasteiger partial charge < -0.3 is 14.6 Å². The minimum Gasteiger partial charge on any atom is -0.389 e. The van der Waals surface area contributed by atoms with Gasteiger partial charge in [0.15, 0.2) is 0 Å². The van der Waals surface area contributed by atoms with E-state index < -0.39 is 0 Å². The van der Waals surface area contributed by atoms with Crippen molar-refractivity contribution in [3.05, 3.63) is 24.3 Å². The van der Waals surface area contributed by atoms with E-state index in [1.165, 1.54) is 19.3 Å². The molecule has 0 aromatic heterocycles. The van der Waals surface area contributed by atoms with Crippen LogP contribution in [0, 0.1) is 11.8 Å². The van der Waals surface area contributed by atoms with Gasteiger partial charge in [-0.3, -0.25) is 0 Å². The van der Waals surface area contributed by atoms with Crippen molar-refractivity contribution in [2.45, 2.75) is 63.0 Å². The van der Waals surface area contributed by atoms with Crippen LogP contribution in [0.4, 0.5) is 0 Å². The summed E-state index contributed by atoms with van der Waals surface area (Å²) in [5.41, 5.74) is 0. The third-order valence-electron chi connectivity index (χ3n) is 4.96. The number of hydrogen-bond donors (Lipinski definition) is 1. The molecule has 0 spiro atoms. The lowest BCUT2D eigenvalue weighted by Crippen LogP contribution is -2.23. The minimum atomic E-state index is -0.345. The first-order valence-corrected chi connectivity index (χ1v) is 9.50. The standard InChI is InChI=1S/C19H31ClO3/c1-2-22-13-7-6-10-16-17(20)14-23-19(16)12-11-18(21)15-8-4-3-5-9-15/h6-7,11-12,15-19,21H,2-5,8-10,13-14H2,1H3/b7-6-,12-11+/t16-,17+,18+,19+/m0/s1. The maximum Gasteiger partial charge on any atom is 0.0803 e. The lowest BCUT2D eigenvalue weighted by molar-refractivity contribution is 0.113. The molecule has 1 N–H and O–H groups in total. The Bertz CT molecular complexity index is 377. The summed E-state index contributed by atoms with van der Waals surface area (Å²) in [4.78, 5) is 0. The van der Waals surface area contributed by atoms with Crippen LogP contribution in [0.2, 0.25) is 0 Å². The molecule has 2 aliphatic rings.